The SMILES string of the molecule is CC(=CCCC(C)CCO)C(=O)OCC1=CC(O)C2C=COC(OC3OC(CO)C(O)C(O)C3O)C12. The van der Waals surface area contributed by atoms with Crippen LogP contribution in [-0.4, -0.2) is 99.5 Å². The molecule has 2 heterocycles. The van der Waals surface area contributed by atoms with Gasteiger partial charge in [-0.15, -0.1) is 0 Å². The lowest BCUT2D eigenvalue weighted by atomic mass is 9.88. The average molecular weight is 515 g/mol. The quantitative estimate of drug-likeness (QED) is 0.119. The van der Waals surface area contributed by atoms with Crippen molar-refractivity contribution in [1.29, 1.82) is 0 Å². The molecule has 0 amide bonds. The number of esters is 1. The molecule has 0 radical (unpaired) electrons. The van der Waals surface area contributed by atoms with Crippen molar-refractivity contribution < 1.29 is 54.4 Å². The van der Waals surface area contributed by atoms with E-state index in [4.69, 9.17) is 24.1 Å². The lowest BCUT2D eigenvalue weighted by molar-refractivity contribution is -0.339. The van der Waals surface area contributed by atoms with Crippen molar-refractivity contribution in [2.45, 2.75) is 76.2 Å². The molecule has 36 heavy (non-hydrogen) atoms. The van der Waals surface area contributed by atoms with Crippen LogP contribution in [0.15, 0.2) is 35.6 Å². The third-order valence-corrected chi connectivity index (χ3v) is 6.97. The van der Waals surface area contributed by atoms with Crippen LogP contribution >= 0.6 is 0 Å². The molecular weight excluding hydrogens is 476 g/mol. The van der Waals surface area contributed by atoms with Crippen LogP contribution in [0, 0.1) is 17.8 Å². The van der Waals surface area contributed by atoms with E-state index < -0.39 is 67.5 Å². The van der Waals surface area contributed by atoms with Crippen molar-refractivity contribution in [1.82, 2.24) is 0 Å². The Bertz CT molecular complexity index is 823. The van der Waals surface area contributed by atoms with Crippen LogP contribution < -0.4 is 0 Å². The first-order chi connectivity index (χ1) is 17.2. The maximum atomic E-state index is 12.5. The third-order valence-electron chi connectivity index (χ3n) is 6.97. The highest BCUT2D eigenvalue weighted by Gasteiger charge is 2.49. The van der Waals surface area contributed by atoms with Crippen LogP contribution in [0.3, 0.4) is 0 Å². The van der Waals surface area contributed by atoms with Gasteiger partial charge in [0.15, 0.2) is 6.29 Å². The summed E-state index contributed by atoms with van der Waals surface area (Å²) in [6, 6.07) is 0. The summed E-state index contributed by atoms with van der Waals surface area (Å²) in [6.45, 7) is 3.12. The van der Waals surface area contributed by atoms with Crippen molar-refractivity contribution in [3.05, 3.63) is 35.6 Å². The zero-order valence-electron chi connectivity index (χ0n) is 20.6. The number of aliphatic hydroxyl groups is 6. The van der Waals surface area contributed by atoms with Gasteiger partial charge in [0, 0.05) is 18.1 Å². The number of aliphatic hydroxyl groups excluding tert-OH is 6. The fourth-order valence-electron chi connectivity index (χ4n) is 4.66. The van der Waals surface area contributed by atoms with Crippen LogP contribution in [0.4, 0.5) is 0 Å². The molecule has 0 aromatic heterocycles. The van der Waals surface area contributed by atoms with E-state index in [0.29, 0.717) is 29.9 Å². The Morgan fingerprint density at radius 3 is 2.56 bits per heavy atom. The zero-order valence-corrected chi connectivity index (χ0v) is 20.6. The first-order valence-electron chi connectivity index (χ1n) is 12.3. The highest BCUT2D eigenvalue weighted by molar-refractivity contribution is 5.87. The van der Waals surface area contributed by atoms with Gasteiger partial charge in [-0.25, -0.2) is 4.79 Å². The molecule has 11 nitrogen and oxygen atoms in total. The van der Waals surface area contributed by atoms with Crippen molar-refractivity contribution in [3.8, 4) is 0 Å². The van der Waals surface area contributed by atoms with E-state index in [1.807, 2.05) is 6.92 Å². The van der Waals surface area contributed by atoms with Crippen molar-refractivity contribution in [2.75, 3.05) is 19.8 Å². The molecule has 204 valence electrons. The number of carbonyl (C=O) groups is 1. The van der Waals surface area contributed by atoms with Gasteiger partial charge in [0.1, 0.15) is 31.0 Å². The topological polar surface area (TPSA) is 175 Å². The minimum absolute atomic E-state index is 0.116. The van der Waals surface area contributed by atoms with Gasteiger partial charge >= 0.3 is 5.97 Å². The fourth-order valence-corrected chi connectivity index (χ4v) is 4.66. The molecule has 1 saturated heterocycles. The van der Waals surface area contributed by atoms with Crippen LogP contribution in [0.25, 0.3) is 0 Å². The van der Waals surface area contributed by atoms with Crippen LogP contribution in [-0.2, 0) is 23.7 Å². The van der Waals surface area contributed by atoms with Gasteiger partial charge in [0.25, 0.3) is 0 Å². The molecule has 1 aliphatic carbocycles. The maximum Gasteiger partial charge on any atom is 0.333 e. The second kappa shape index (κ2) is 13.1. The zero-order chi connectivity index (χ0) is 26.4. The molecule has 0 aromatic rings. The standard InChI is InChI=1S/C25H38O11/c1-13(6-8-26)4-3-5-14(2)23(32)34-12-15-10-17(28)16-7-9-33-24(19(15)16)36-25-22(31)21(30)20(29)18(11-27)35-25/h5,7,9-10,13,16-22,24-31H,3-4,6,8,11-12H2,1-2H3. The summed E-state index contributed by atoms with van der Waals surface area (Å²) in [4.78, 5) is 12.5. The first-order valence-corrected chi connectivity index (χ1v) is 12.3. The molecule has 0 bridgehead atoms. The van der Waals surface area contributed by atoms with E-state index >= 15 is 0 Å². The highest BCUT2D eigenvalue weighted by Crippen LogP contribution is 2.41. The summed E-state index contributed by atoms with van der Waals surface area (Å²) in [7, 11) is 0. The highest BCUT2D eigenvalue weighted by atomic mass is 16.8. The van der Waals surface area contributed by atoms with E-state index in [9.17, 15) is 30.3 Å². The van der Waals surface area contributed by atoms with Gasteiger partial charge in [0.2, 0.25) is 6.29 Å². The second-order valence-corrected chi connectivity index (χ2v) is 9.66. The molecule has 0 aromatic carbocycles. The number of hydrogen-bond acceptors (Lipinski definition) is 11. The maximum absolute atomic E-state index is 12.5. The first kappa shape index (κ1) is 28.7. The predicted molar refractivity (Wildman–Crippen MR) is 125 cm³/mol. The normalized spacial score (nSPS) is 37.2. The molecule has 3 aliphatic rings. The minimum atomic E-state index is -1.61. The Kier molecular flexibility index (Phi) is 10.5. The number of rotatable bonds is 11. The number of ether oxygens (including phenoxy) is 4. The summed E-state index contributed by atoms with van der Waals surface area (Å²) >= 11 is 0. The van der Waals surface area contributed by atoms with Gasteiger partial charge in [-0.3, -0.25) is 0 Å². The van der Waals surface area contributed by atoms with Crippen molar-refractivity contribution in [2.24, 2.45) is 17.8 Å². The molecular formula is C25H38O11. The summed E-state index contributed by atoms with van der Waals surface area (Å²) in [6.07, 6.45) is -0.637. The largest absolute Gasteiger partial charge is 0.472 e. The Labute approximate surface area is 210 Å². The van der Waals surface area contributed by atoms with Gasteiger partial charge in [-0.05, 0) is 43.8 Å². The lowest BCUT2D eigenvalue weighted by Gasteiger charge is -2.42. The van der Waals surface area contributed by atoms with Crippen molar-refractivity contribution >= 4 is 5.97 Å². The van der Waals surface area contributed by atoms with E-state index in [1.165, 1.54) is 6.26 Å². The number of hydrogen-bond donors (Lipinski definition) is 6. The van der Waals surface area contributed by atoms with Crippen LogP contribution in [0.2, 0.25) is 0 Å². The smallest absolute Gasteiger partial charge is 0.333 e. The molecule has 0 spiro atoms. The summed E-state index contributed by atoms with van der Waals surface area (Å²) < 4.78 is 22.3. The third kappa shape index (κ3) is 6.73. The molecule has 10 atom stereocenters. The molecule has 10 unspecified atom stereocenters. The Morgan fingerprint density at radius 2 is 1.86 bits per heavy atom. The van der Waals surface area contributed by atoms with E-state index in [0.717, 1.165) is 6.42 Å². The molecule has 3 rings (SSSR count). The molecule has 11 heteroatoms. The summed E-state index contributed by atoms with van der Waals surface area (Å²) in [5.74, 6) is -1.17. The van der Waals surface area contributed by atoms with E-state index in [1.54, 1.807) is 25.2 Å². The predicted octanol–water partition coefficient (Wildman–Crippen LogP) is -0.506. The fraction of sp³-hybridized carbons (Fsp3) is 0.720. The number of carbonyl (C=O) groups excluding carboxylic acids is 1. The van der Waals surface area contributed by atoms with Crippen LogP contribution in [0.5, 0.6) is 0 Å². The van der Waals surface area contributed by atoms with E-state index in [2.05, 4.69) is 0 Å². The number of allylic oxidation sites excluding steroid dienone is 1. The average Bonchev–Trinajstić information content (AvgIpc) is 3.19. The van der Waals surface area contributed by atoms with E-state index in [-0.39, 0.29) is 13.2 Å². The lowest BCUT2D eigenvalue weighted by Crippen LogP contribution is -2.60. The van der Waals surface area contributed by atoms with Gasteiger partial charge in [-0.2, -0.15) is 0 Å². The molecule has 0 saturated carbocycles. The van der Waals surface area contributed by atoms with Crippen molar-refractivity contribution in [3.63, 3.8) is 0 Å². The second-order valence-electron chi connectivity index (χ2n) is 9.66. The molecule has 2 aliphatic heterocycles. The number of fused-ring (bicyclic) bond motifs is 1. The summed E-state index contributed by atoms with van der Waals surface area (Å²) in [5, 5.41) is 59.3. The van der Waals surface area contributed by atoms with Crippen LogP contribution in [0.1, 0.15) is 33.1 Å². The Balaban J connectivity index is 1.62. The molecule has 1 fully saturated rings. The van der Waals surface area contributed by atoms with Gasteiger partial charge in [0.05, 0.1) is 24.9 Å². The summed E-state index contributed by atoms with van der Waals surface area (Å²) in [5.41, 5.74) is 1.01. The molecule has 6 N–H and O–H groups in total. The minimum Gasteiger partial charge on any atom is -0.472 e. The Morgan fingerprint density at radius 1 is 1.11 bits per heavy atom. The van der Waals surface area contributed by atoms with Gasteiger partial charge in [-0.1, -0.05) is 19.1 Å². The monoisotopic (exact) mass is 514 g/mol. The van der Waals surface area contributed by atoms with Gasteiger partial charge < -0.3 is 49.6 Å². The Hall–Kier alpha value is -1.83.